The van der Waals surface area contributed by atoms with Crippen molar-refractivity contribution in [3.8, 4) is 0 Å². The Labute approximate surface area is 311 Å². The molecule has 3 fully saturated rings. The average Bonchev–Trinajstić information content (AvgIpc) is 3.13. The van der Waals surface area contributed by atoms with Gasteiger partial charge in [-0.3, -0.25) is 24.2 Å². The predicted molar refractivity (Wildman–Crippen MR) is 199 cm³/mol. The molecule has 3 saturated heterocycles. The Hall–Kier alpha value is -3.00. The summed E-state index contributed by atoms with van der Waals surface area (Å²) >= 11 is 7.15. The lowest BCUT2D eigenvalue weighted by molar-refractivity contribution is -0.145. The summed E-state index contributed by atoms with van der Waals surface area (Å²) in [6, 6.07) is 14.3. The van der Waals surface area contributed by atoms with Gasteiger partial charge in [0.25, 0.3) is 0 Å². The number of fused-ring (bicyclic) bond motifs is 1. The topological polar surface area (TPSA) is 106 Å². The van der Waals surface area contributed by atoms with Crippen LogP contribution in [0.1, 0.15) is 50.2 Å². The molecule has 1 atom stereocenters. The molecule has 11 nitrogen and oxygen atoms in total. The van der Waals surface area contributed by atoms with E-state index in [1.54, 1.807) is 0 Å². The van der Waals surface area contributed by atoms with E-state index in [1.807, 2.05) is 64.1 Å². The van der Waals surface area contributed by atoms with Gasteiger partial charge in [0.05, 0.1) is 19.1 Å². The van der Waals surface area contributed by atoms with Crippen LogP contribution in [0.2, 0.25) is 0 Å². The second kappa shape index (κ2) is 17.0. The van der Waals surface area contributed by atoms with Gasteiger partial charge in [0.2, 0.25) is 11.8 Å². The lowest BCUT2D eigenvalue weighted by atomic mass is 9.92. The molecule has 2 aromatic carbocycles. The third-order valence-electron chi connectivity index (χ3n) is 10.7. The molecular formula is C37H48Br2N6O5. The molecule has 0 saturated carbocycles. The zero-order valence-electron chi connectivity index (χ0n) is 28.8. The number of anilines is 1. The van der Waals surface area contributed by atoms with E-state index in [9.17, 15) is 19.2 Å². The van der Waals surface area contributed by atoms with E-state index in [0.29, 0.717) is 71.2 Å². The van der Waals surface area contributed by atoms with E-state index >= 15 is 0 Å². The second-order valence-electron chi connectivity index (χ2n) is 13.9. The van der Waals surface area contributed by atoms with Crippen molar-refractivity contribution in [1.29, 1.82) is 0 Å². The third kappa shape index (κ3) is 9.07. The molecule has 4 aliphatic rings. The van der Waals surface area contributed by atoms with Gasteiger partial charge in [-0.25, -0.2) is 4.79 Å². The number of nitrogens with one attached hydrogen (secondary N) is 1. The van der Waals surface area contributed by atoms with Gasteiger partial charge in [-0.2, -0.15) is 0 Å². The van der Waals surface area contributed by atoms with Crippen LogP contribution in [0.15, 0.2) is 51.4 Å². The monoisotopic (exact) mass is 814 g/mol. The molecule has 0 radical (unpaired) electrons. The highest BCUT2D eigenvalue weighted by atomic mass is 79.9. The Kier molecular flexibility index (Phi) is 12.5. The number of likely N-dealkylation sites (tertiary alicyclic amines) is 2. The highest BCUT2D eigenvalue weighted by Crippen LogP contribution is 2.30. The number of urea groups is 1. The quantitative estimate of drug-likeness (QED) is 0.338. The van der Waals surface area contributed by atoms with Gasteiger partial charge in [-0.15, -0.1) is 0 Å². The summed E-state index contributed by atoms with van der Waals surface area (Å²) in [4.78, 5) is 63.2. The van der Waals surface area contributed by atoms with Crippen LogP contribution in [0.3, 0.4) is 0 Å². The largest absolute Gasteiger partial charge is 0.465 e. The van der Waals surface area contributed by atoms with Gasteiger partial charge in [0.15, 0.2) is 0 Å². The molecule has 1 N–H and O–H groups in total. The van der Waals surface area contributed by atoms with E-state index in [0.717, 1.165) is 64.8 Å². The summed E-state index contributed by atoms with van der Waals surface area (Å²) in [5, 5.41) is 3.01. The van der Waals surface area contributed by atoms with E-state index in [4.69, 9.17) is 4.74 Å². The molecule has 2 aromatic rings. The third-order valence-corrected chi connectivity index (χ3v) is 12.6. The summed E-state index contributed by atoms with van der Waals surface area (Å²) in [6.45, 7) is 9.10. The van der Waals surface area contributed by atoms with Crippen LogP contribution in [-0.2, 0) is 32.1 Å². The van der Waals surface area contributed by atoms with Crippen LogP contribution in [0.5, 0.6) is 0 Å². The standard InChI is InChI=1S/C37H48Br2N6O5/c1-2-50-35(47)25-41-17-19-42(20-18-41)29-9-15-44(16-10-29)36(48)28(21-26-7-8-31(38)32(39)22-26)23-34(46)43-13-11-30(12-14-43)45-24-27-5-3-4-6-33(27)40-37(45)49/h3-8,22,28-30H,2,9-21,23-25H2,1H3,(H,40,49)/t28-/m1/s1. The van der Waals surface area contributed by atoms with Crippen molar-refractivity contribution in [2.45, 2.75) is 64.1 Å². The molecule has 13 heteroatoms. The number of ether oxygens (including phenoxy) is 1. The highest BCUT2D eigenvalue weighted by Gasteiger charge is 2.36. The van der Waals surface area contributed by atoms with E-state index in [2.05, 4.69) is 47.0 Å². The number of halogens is 2. The Balaban J connectivity index is 1.03. The fourth-order valence-electron chi connectivity index (χ4n) is 7.87. The SMILES string of the molecule is CCOC(=O)CN1CCN(C2CCN(C(=O)[C@@H](CC(=O)N3CCC(N4Cc5ccccc5NC4=O)CC3)Cc3ccc(Br)c(Br)c3)CC2)CC1. The predicted octanol–water partition coefficient (Wildman–Crippen LogP) is 4.97. The maximum absolute atomic E-state index is 14.2. The van der Waals surface area contributed by atoms with Crippen LogP contribution < -0.4 is 5.32 Å². The number of para-hydroxylation sites is 1. The number of nitrogens with zero attached hydrogens (tertiary/aromatic N) is 5. The number of carbonyl (C=O) groups is 4. The minimum absolute atomic E-state index is 0.00185. The number of benzene rings is 2. The number of hydrogen-bond acceptors (Lipinski definition) is 7. The van der Waals surface area contributed by atoms with Crippen molar-refractivity contribution < 1.29 is 23.9 Å². The minimum atomic E-state index is -0.458. The Morgan fingerprint density at radius 3 is 2.24 bits per heavy atom. The van der Waals surface area contributed by atoms with Gasteiger partial charge >= 0.3 is 12.0 Å². The number of hydrogen-bond donors (Lipinski definition) is 1. The lowest BCUT2D eigenvalue weighted by Gasteiger charge is -2.43. The first-order valence-corrected chi connectivity index (χ1v) is 19.5. The number of piperazine rings is 1. The second-order valence-corrected chi connectivity index (χ2v) is 15.6. The molecule has 0 aromatic heterocycles. The summed E-state index contributed by atoms with van der Waals surface area (Å²) in [7, 11) is 0. The molecule has 50 heavy (non-hydrogen) atoms. The van der Waals surface area contributed by atoms with E-state index in [-0.39, 0.29) is 36.3 Å². The van der Waals surface area contributed by atoms with Gasteiger partial charge in [-0.1, -0.05) is 24.3 Å². The zero-order valence-corrected chi connectivity index (χ0v) is 32.0. The van der Waals surface area contributed by atoms with Crippen molar-refractivity contribution in [2.75, 3.05) is 70.8 Å². The average molecular weight is 817 g/mol. The zero-order chi connectivity index (χ0) is 35.2. The first-order valence-electron chi connectivity index (χ1n) is 18.0. The highest BCUT2D eigenvalue weighted by molar-refractivity contribution is 9.13. The van der Waals surface area contributed by atoms with E-state index in [1.165, 1.54) is 0 Å². The summed E-state index contributed by atoms with van der Waals surface area (Å²) in [6.07, 6.45) is 3.88. The van der Waals surface area contributed by atoms with E-state index < -0.39 is 5.92 Å². The van der Waals surface area contributed by atoms with Gasteiger partial charge in [-0.05, 0) is 100 Å². The normalized spacial score (nSPS) is 20.3. The Morgan fingerprint density at radius 1 is 0.860 bits per heavy atom. The summed E-state index contributed by atoms with van der Waals surface area (Å²) in [5.74, 6) is -0.574. The molecule has 4 aliphatic heterocycles. The molecule has 0 bridgehead atoms. The minimum Gasteiger partial charge on any atom is -0.465 e. The molecule has 4 amide bonds. The number of rotatable bonds is 10. The van der Waals surface area contributed by atoms with Crippen molar-refractivity contribution >= 4 is 61.4 Å². The summed E-state index contributed by atoms with van der Waals surface area (Å²) < 4.78 is 6.97. The Bertz CT molecular complexity index is 1540. The number of esters is 1. The van der Waals surface area contributed by atoms with Gasteiger partial charge in [0.1, 0.15) is 0 Å². The van der Waals surface area contributed by atoms with Gasteiger partial charge in [0, 0.05) is 92.0 Å². The van der Waals surface area contributed by atoms with Crippen LogP contribution in [0.4, 0.5) is 10.5 Å². The van der Waals surface area contributed by atoms with Crippen molar-refractivity contribution in [3.63, 3.8) is 0 Å². The van der Waals surface area contributed by atoms with Crippen molar-refractivity contribution in [1.82, 2.24) is 24.5 Å². The van der Waals surface area contributed by atoms with Crippen LogP contribution in [0.25, 0.3) is 0 Å². The molecule has 0 spiro atoms. The lowest BCUT2D eigenvalue weighted by Crippen LogP contribution is -2.55. The molecule has 4 heterocycles. The molecule has 0 aliphatic carbocycles. The van der Waals surface area contributed by atoms with Crippen LogP contribution >= 0.6 is 31.9 Å². The van der Waals surface area contributed by atoms with Crippen molar-refractivity contribution in [3.05, 3.63) is 62.5 Å². The van der Waals surface area contributed by atoms with Crippen molar-refractivity contribution in [2.24, 2.45) is 5.92 Å². The van der Waals surface area contributed by atoms with Gasteiger partial charge < -0.3 is 24.8 Å². The Morgan fingerprint density at radius 2 is 1.54 bits per heavy atom. The van der Waals surface area contributed by atoms with Crippen LogP contribution in [-0.4, -0.2) is 126 Å². The maximum atomic E-state index is 14.2. The molecular weight excluding hydrogens is 768 g/mol. The number of carbonyl (C=O) groups excluding carboxylic acids is 4. The maximum Gasteiger partial charge on any atom is 0.322 e. The van der Waals surface area contributed by atoms with Crippen LogP contribution in [0, 0.1) is 5.92 Å². The molecule has 270 valence electrons. The first kappa shape index (κ1) is 36.8. The fourth-order valence-corrected chi connectivity index (χ4v) is 8.54. The summed E-state index contributed by atoms with van der Waals surface area (Å²) in [5.41, 5.74) is 2.98. The smallest absolute Gasteiger partial charge is 0.322 e. The molecule has 6 rings (SSSR count). The first-order chi connectivity index (χ1) is 24.2. The number of piperidine rings is 2. The number of amides is 4. The molecule has 0 unspecified atom stereocenters. The fraction of sp³-hybridized carbons (Fsp3) is 0.568.